The van der Waals surface area contributed by atoms with E-state index in [-0.39, 0.29) is 0 Å². The van der Waals surface area contributed by atoms with E-state index in [1.807, 2.05) is 6.07 Å². The Morgan fingerprint density at radius 3 is 1.95 bits per heavy atom. The van der Waals surface area contributed by atoms with Crippen LogP contribution in [-0.2, 0) is 6.61 Å². The number of benzene rings is 6. The highest BCUT2D eigenvalue weighted by Gasteiger charge is 2.19. The molecule has 8 rings (SSSR count). The van der Waals surface area contributed by atoms with Gasteiger partial charge < -0.3 is 15.0 Å². The summed E-state index contributed by atoms with van der Waals surface area (Å²) in [6.07, 6.45) is 0. The predicted octanol–water partition coefficient (Wildman–Crippen LogP) is 9.98. The zero-order valence-electron chi connectivity index (χ0n) is 22.2. The molecule has 0 saturated carbocycles. The van der Waals surface area contributed by atoms with Crippen molar-refractivity contribution in [3.8, 4) is 22.6 Å². The zero-order valence-corrected chi connectivity index (χ0v) is 23.1. The molecule has 3 nitrogen and oxygen atoms in total. The van der Waals surface area contributed by atoms with E-state index in [2.05, 4.69) is 132 Å². The van der Waals surface area contributed by atoms with Crippen LogP contribution in [0.15, 0.2) is 133 Å². The first-order valence-corrected chi connectivity index (χ1v) is 14.6. The molecular formula is C37H26N2OS. The molecule has 2 N–H and O–H groups in total. The number of hydrogen-bond acceptors (Lipinski definition) is 3. The molecule has 6 aromatic carbocycles. The molecule has 4 heteroatoms. The standard InChI is InChI=1S/C37H26N2OS/c38-31-22-30(25-10-2-1-3-11-25)37-35(29-14-6-9-17-34(29)41-37)36(31)40-23-24-18-20-26(21-19-24)39-32-15-7-4-12-27(32)28-13-5-8-16-33(28)39/h1-22H,23,38H2. The lowest BCUT2D eigenvalue weighted by atomic mass is 10.0. The summed E-state index contributed by atoms with van der Waals surface area (Å²) < 4.78 is 11.3. The van der Waals surface area contributed by atoms with E-state index in [1.165, 1.54) is 36.6 Å². The Kier molecular flexibility index (Phi) is 5.54. The van der Waals surface area contributed by atoms with Gasteiger partial charge in [0.05, 0.1) is 16.7 Å². The molecule has 0 spiro atoms. The third-order valence-electron chi connectivity index (χ3n) is 7.87. The Balaban J connectivity index is 1.17. The molecule has 0 saturated heterocycles. The van der Waals surface area contributed by atoms with Gasteiger partial charge in [0.25, 0.3) is 0 Å². The van der Waals surface area contributed by atoms with Crippen molar-refractivity contribution in [3.63, 3.8) is 0 Å². The van der Waals surface area contributed by atoms with Crippen LogP contribution in [0.3, 0.4) is 0 Å². The highest BCUT2D eigenvalue weighted by Crippen LogP contribution is 2.47. The second-order valence-corrected chi connectivity index (χ2v) is 11.4. The van der Waals surface area contributed by atoms with Crippen LogP contribution in [0.2, 0.25) is 0 Å². The summed E-state index contributed by atoms with van der Waals surface area (Å²) in [5.74, 6) is 0.753. The first kappa shape index (κ1) is 23.8. The molecule has 196 valence electrons. The van der Waals surface area contributed by atoms with Crippen LogP contribution in [0.4, 0.5) is 5.69 Å². The van der Waals surface area contributed by atoms with E-state index in [9.17, 15) is 0 Å². The zero-order chi connectivity index (χ0) is 27.3. The maximum absolute atomic E-state index is 6.71. The van der Waals surface area contributed by atoms with Gasteiger partial charge in [0.2, 0.25) is 0 Å². The van der Waals surface area contributed by atoms with Gasteiger partial charge >= 0.3 is 0 Å². The number of nitrogens with two attached hydrogens (primary N) is 1. The number of anilines is 1. The molecule has 0 atom stereocenters. The van der Waals surface area contributed by atoms with E-state index >= 15 is 0 Å². The van der Waals surface area contributed by atoms with Gasteiger partial charge in [-0.2, -0.15) is 0 Å². The molecule has 0 amide bonds. The third kappa shape index (κ3) is 3.87. The molecule has 2 heterocycles. The highest BCUT2D eigenvalue weighted by molar-refractivity contribution is 7.26. The van der Waals surface area contributed by atoms with Crippen LogP contribution in [0.25, 0.3) is 58.8 Å². The van der Waals surface area contributed by atoms with E-state index in [4.69, 9.17) is 10.5 Å². The van der Waals surface area contributed by atoms with Gasteiger partial charge in [-0.15, -0.1) is 11.3 Å². The van der Waals surface area contributed by atoms with E-state index in [1.54, 1.807) is 11.3 Å². The van der Waals surface area contributed by atoms with Crippen molar-refractivity contribution in [2.75, 3.05) is 5.73 Å². The molecule has 0 radical (unpaired) electrons. The van der Waals surface area contributed by atoms with Crippen LogP contribution < -0.4 is 10.5 Å². The number of hydrogen-bond donors (Lipinski definition) is 1. The number of para-hydroxylation sites is 2. The molecule has 41 heavy (non-hydrogen) atoms. The van der Waals surface area contributed by atoms with Gasteiger partial charge in [-0.3, -0.25) is 0 Å². The summed E-state index contributed by atoms with van der Waals surface area (Å²) in [6.45, 7) is 0.432. The van der Waals surface area contributed by atoms with Crippen molar-refractivity contribution < 1.29 is 4.74 Å². The minimum absolute atomic E-state index is 0.432. The normalized spacial score (nSPS) is 11.6. The molecule has 0 unspecified atom stereocenters. The van der Waals surface area contributed by atoms with E-state index in [0.717, 1.165) is 33.5 Å². The van der Waals surface area contributed by atoms with Crippen LogP contribution in [0, 0.1) is 0 Å². The maximum atomic E-state index is 6.71. The third-order valence-corrected chi connectivity index (χ3v) is 9.08. The van der Waals surface area contributed by atoms with Crippen LogP contribution >= 0.6 is 11.3 Å². The fraction of sp³-hybridized carbons (Fsp3) is 0.0270. The first-order valence-electron chi connectivity index (χ1n) is 13.8. The topological polar surface area (TPSA) is 40.2 Å². The minimum Gasteiger partial charge on any atom is -0.486 e. The summed E-state index contributed by atoms with van der Waals surface area (Å²) in [6, 6.07) is 46.8. The van der Waals surface area contributed by atoms with Gasteiger partial charge in [-0.25, -0.2) is 0 Å². The molecule has 0 aliphatic heterocycles. The number of nitrogen functional groups attached to an aromatic ring is 1. The Morgan fingerprint density at radius 2 is 1.24 bits per heavy atom. The number of nitrogens with zero attached hydrogens (tertiary/aromatic N) is 1. The van der Waals surface area contributed by atoms with E-state index < -0.39 is 0 Å². The average molecular weight is 547 g/mol. The van der Waals surface area contributed by atoms with Crippen molar-refractivity contribution in [3.05, 3.63) is 139 Å². The van der Waals surface area contributed by atoms with Crippen molar-refractivity contribution in [2.24, 2.45) is 0 Å². The molecular weight excluding hydrogens is 520 g/mol. The Labute approximate surface area is 241 Å². The SMILES string of the molecule is Nc1cc(-c2ccccc2)c2sc3ccccc3c2c1OCc1ccc(-n2c3ccccc3c3ccccc32)cc1. The lowest BCUT2D eigenvalue weighted by molar-refractivity contribution is 0.312. The second-order valence-electron chi connectivity index (χ2n) is 10.3. The fourth-order valence-corrected chi connectivity index (χ4v) is 7.21. The van der Waals surface area contributed by atoms with Gasteiger partial charge in [0.1, 0.15) is 6.61 Å². The maximum Gasteiger partial charge on any atom is 0.152 e. The number of rotatable bonds is 5. The largest absolute Gasteiger partial charge is 0.486 e. The minimum atomic E-state index is 0.432. The average Bonchev–Trinajstić information content (AvgIpc) is 3.58. The van der Waals surface area contributed by atoms with Gasteiger partial charge in [0.15, 0.2) is 5.75 Å². The van der Waals surface area contributed by atoms with Gasteiger partial charge in [-0.1, -0.05) is 97.1 Å². The predicted molar refractivity (Wildman–Crippen MR) is 174 cm³/mol. The van der Waals surface area contributed by atoms with E-state index in [0.29, 0.717) is 12.3 Å². The van der Waals surface area contributed by atoms with Crippen LogP contribution in [0.5, 0.6) is 5.75 Å². The monoisotopic (exact) mass is 546 g/mol. The molecule has 2 aromatic heterocycles. The Hall–Kier alpha value is -5.06. The highest BCUT2D eigenvalue weighted by atomic mass is 32.1. The lowest BCUT2D eigenvalue weighted by Crippen LogP contribution is -2.01. The number of fused-ring (bicyclic) bond motifs is 6. The van der Waals surface area contributed by atoms with Crippen molar-refractivity contribution in [1.82, 2.24) is 4.57 Å². The second kappa shape index (κ2) is 9.54. The summed E-state index contributed by atoms with van der Waals surface area (Å²) in [4.78, 5) is 0. The van der Waals surface area contributed by atoms with Crippen molar-refractivity contribution in [1.29, 1.82) is 0 Å². The first-order chi connectivity index (χ1) is 20.3. The molecule has 0 bridgehead atoms. The Bertz CT molecular complexity index is 2160. The summed E-state index contributed by atoms with van der Waals surface area (Å²) in [5, 5.41) is 4.79. The number of ether oxygens (including phenoxy) is 1. The summed E-state index contributed by atoms with van der Waals surface area (Å²) in [5.41, 5.74) is 14.3. The van der Waals surface area contributed by atoms with Crippen molar-refractivity contribution in [2.45, 2.75) is 6.61 Å². The molecule has 0 aliphatic rings. The van der Waals surface area contributed by atoms with Crippen LogP contribution in [0.1, 0.15) is 5.56 Å². The van der Waals surface area contributed by atoms with Crippen LogP contribution in [-0.4, -0.2) is 4.57 Å². The quantitative estimate of drug-likeness (QED) is 0.218. The smallest absolute Gasteiger partial charge is 0.152 e. The van der Waals surface area contributed by atoms with Gasteiger partial charge in [-0.05, 0) is 47.5 Å². The molecule has 0 fully saturated rings. The summed E-state index contributed by atoms with van der Waals surface area (Å²) >= 11 is 1.79. The number of aromatic nitrogens is 1. The van der Waals surface area contributed by atoms with Gasteiger partial charge in [0, 0.05) is 42.2 Å². The Morgan fingerprint density at radius 1 is 0.634 bits per heavy atom. The van der Waals surface area contributed by atoms with Crippen molar-refractivity contribution >= 4 is 59.0 Å². The lowest BCUT2D eigenvalue weighted by Gasteiger charge is -2.14. The summed E-state index contributed by atoms with van der Waals surface area (Å²) in [7, 11) is 0. The number of thiophene rings is 1. The molecule has 0 aliphatic carbocycles. The molecule has 8 aromatic rings. The fourth-order valence-electron chi connectivity index (χ4n) is 5.98.